The molecule has 9 heavy (non-hydrogen) atoms. The van der Waals surface area contributed by atoms with E-state index in [1.54, 1.807) is 11.3 Å². The van der Waals surface area contributed by atoms with Crippen molar-refractivity contribution in [2.24, 2.45) is 0 Å². The summed E-state index contributed by atoms with van der Waals surface area (Å²) in [5.41, 5.74) is 0. The topological polar surface area (TPSA) is 12.0 Å². The molecule has 0 saturated carbocycles. The third-order valence-electron chi connectivity index (χ3n) is 1.09. The van der Waals surface area contributed by atoms with Gasteiger partial charge in [0.05, 0.1) is 5.37 Å². The lowest BCUT2D eigenvalue weighted by atomic mass is 10.5. The molecule has 50 valence electrons. The molecule has 1 unspecified atom stereocenters. The monoisotopic (exact) mass is 159 g/mol. The van der Waals surface area contributed by atoms with Crippen LogP contribution in [0.25, 0.3) is 0 Å². The summed E-state index contributed by atoms with van der Waals surface area (Å²) in [6.07, 6.45) is 0. The maximum Gasteiger partial charge on any atom is 0.0851 e. The van der Waals surface area contributed by atoms with E-state index < -0.39 is 0 Å². The smallest absolute Gasteiger partial charge is 0.0851 e. The molecule has 1 rings (SSSR count). The van der Waals surface area contributed by atoms with Gasteiger partial charge in [0.2, 0.25) is 0 Å². The molecule has 1 N–H and O–H groups in total. The zero-order chi connectivity index (χ0) is 6.69. The van der Waals surface area contributed by atoms with E-state index in [2.05, 4.69) is 29.4 Å². The maximum absolute atomic E-state index is 4.28. The van der Waals surface area contributed by atoms with Crippen LogP contribution in [0.2, 0.25) is 0 Å². The summed E-state index contributed by atoms with van der Waals surface area (Å²) in [5, 5.41) is 5.29. The number of thiophene rings is 1. The maximum atomic E-state index is 4.28. The van der Waals surface area contributed by atoms with Gasteiger partial charge in [-0.25, -0.2) is 0 Å². The van der Waals surface area contributed by atoms with Crippen molar-refractivity contribution in [2.75, 3.05) is 7.05 Å². The average molecular weight is 159 g/mol. The Balaban J connectivity index is 2.65. The first-order valence-corrected chi connectivity index (χ1v) is 4.13. The second-order valence-electron chi connectivity index (χ2n) is 1.71. The molecule has 3 heteroatoms. The van der Waals surface area contributed by atoms with Crippen molar-refractivity contribution in [1.82, 2.24) is 5.32 Å². The summed E-state index contributed by atoms with van der Waals surface area (Å²) in [5.74, 6) is 0. The van der Waals surface area contributed by atoms with Crippen LogP contribution in [0, 0.1) is 0 Å². The van der Waals surface area contributed by atoms with Crippen LogP contribution >= 0.6 is 24.0 Å². The van der Waals surface area contributed by atoms with Crippen LogP contribution in [0.3, 0.4) is 0 Å². The Hall–Kier alpha value is 0.01000. The first-order chi connectivity index (χ1) is 4.34. The van der Waals surface area contributed by atoms with Gasteiger partial charge >= 0.3 is 0 Å². The van der Waals surface area contributed by atoms with E-state index >= 15 is 0 Å². The molecule has 0 saturated heterocycles. The lowest BCUT2D eigenvalue weighted by Gasteiger charge is -2.03. The van der Waals surface area contributed by atoms with Gasteiger partial charge in [-0.05, 0) is 18.5 Å². The van der Waals surface area contributed by atoms with E-state index in [9.17, 15) is 0 Å². The fraction of sp³-hybridized carbons (Fsp3) is 0.333. The molecule has 1 aromatic rings. The van der Waals surface area contributed by atoms with Gasteiger partial charge in [-0.3, -0.25) is 0 Å². The minimum atomic E-state index is 0.199. The number of thiol groups is 1. The summed E-state index contributed by atoms with van der Waals surface area (Å²) in [6, 6.07) is 4.10. The molecular weight excluding hydrogens is 150 g/mol. The summed E-state index contributed by atoms with van der Waals surface area (Å²) >= 11 is 6.00. The number of hydrogen-bond acceptors (Lipinski definition) is 3. The van der Waals surface area contributed by atoms with E-state index in [4.69, 9.17) is 0 Å². The molecule has 0 aliphatic rings. The average Bonchev–Trinajstić information content (AvgIpc) is 2.37. The van der Waals surface area contributed by atoms with Gasteiger partial charge in [0, 0.05) is 4.88 Å². The molecule has 0 spiro atoms. The van der Waals surface area contributed by atoms with Gasteiger partial charge in [0.25, 0.3) is 0 Å². The Kier molecular flexibility index (Phi) is 2.57. The number of nitrogens with one attached hydrogen (secondary N) is 1. The lowest BCUT2D eigenvalue weighted by molar-refractivity contribution is 0.814. The van der Waals surface area contributed by atoms with E-state index in [0.717, 1.165) is 0 Å². The number of rotatable bonds is 2. The molecule has 1 atom stereocenters. The molecule has 0 aliphatic carbocycles. The van der Waals surface area contributed by atoms with Crippen molar-refractivity contribution < 1.29 is 0 Å². The number of hydrogen-bond donors (Lipinski definition) is 2. The van der Waals surface area contributed by atoms with Crippen molar-refractivity contribution in [1.29, 1.82) is 0 Å². The van der Waals surface area contributed by atoms with Gasteiger partial charge in [-0.15, -0.1) is 11.3 Å². The van der Waals surface area contributed by atoms with Crippen molar-refractivity contribution in [3.05, 3.63) is 22.4 Å². The summed E-state index contributed by atoms with van der Waals surface area (Å²) < 4.78 is 0. The Bertz CT molecular complexity index is 160. The van der Waals surface area contributed by atoms with Crippen LogP contribution in [-0.2, 0) is 0 Å². The molecular formula is C6H9NS2. The van der Waals surface area contributed by atoms with Crippen molar-refractivity contribution in [3.63, 3.8) is 0 Å². The highest BCUT2D eigenvalue weighted by atomic mass is 32.1. The SMILES string of the molecule is CNC(S)c1cccs1. The van der Waals surface area contributed by atoms with E-state index in [1.165, 1.54) is 4.88 Å². The van der Waals surface area contributed by atoms with Crippen molar-refractivity contribution in [3.8, 4) is 0 Å². The molecule has 1 heterocycles. The fourth-order valence-electron chi connectivity index (χ4n) is 0.589. The predicted molar refractivity (Wildman–Crippen MR) is 45.1 cm³/mol. The van der Waals surface area contributed by atoms with Gasteiger partial charge in [0.15, 0.2) is 0 Å². The minimum absolute atomic E-state index is 0.199. The zero-order valence-electron chi connectivity index (χ0n) is 5.16. The Morgan fingerprint density at radius 3 is 3.00 bits per heavy atom. The molecule has 0 radical (unpaired) electrons. The summed E-state index contributed by atoms with van der Waals surface area (Å²) in [7, 11) is 1.90. The highest BCUT2D eigenvalue weighted by Gasteiger charge is 2.01. The highest BCUT2D eigenvalue weighted by molar-refractivity contribution is 7.80. The molecule has 0 fully saturated rings. The minimum Gasteiger partial charge on any atom is -0.304 e. The lowest BCUT2D eigenvalue weighted by Crippen LogP contribution is -2.07. The van der Waals surface area contributed by atoms with E-state index in [1.807, 2.05) is 13.1 Å². The Morgan fingerprint density at radius 2 is 2.56 bits per heavy atom. The predicted octanol–water partition coefficient (Wildman–Crippen LogP) is 1.90. The molecule has 0 aromatic carbocycles. The normalized spacial score (nSPS) is 13.6. The third-order valence-corrected chi connectivity index (χ3v) is 2.73. The first-order valence-electron chi connectivity index (χ1n) is 2.73. The Morgan fingerprint density at radius 1 is 1.78 bits per heavy atom. The van der Waals surface area contributed by atoms with Crippen LogP contribution in [-0.4, -0.2) is 7.05 Å². The van der Waals surface area contributed by atoms with Gasteiger partial charge < -0.3 is 5.32 Å². The molecule has 0 aliphatic heterocycles. The van der Waals surface area contributed by atoms with Gasteiger partial charge in [-0.2, -0.15) is 12.6 Å². The summed E-state index contributed by atoms with van der Waals surface area (Å²) in [4.78, 5) is 1.26. The quantitative estimate of drug-likeness (QED) is 0.496. The fourth-order valence-corrected chi connectivity index (χ4v) is 1.58. The van der Waals surface area contributed by atoms with Crippen LogP contribution in [0.1, 0.15) is 10.3 Å². The summed E-state index contributed by atoms with van der Waals surface area (Å²) in [6.45, 7) is 0. The Labute approximate surface area is 64.5 Å². The first kappa shape index (κ1) is 7.12. The molecule has 1 aromatic heterocycles. The third kappa shape index (κ3) is 1.71. The second kappa shape index (κ2) is 3.25. The van der Waals surface area contributed by atoms with Crippen LogP contribution in [0.15, 0.2) is 17.5 Å². The van der Waals surface area contributed by atoms with Gasteiger partial charge in [-0.1, -0.05) is 6.07 Å². The zero-order valence-corrected chi connectivity index (χ0v) is 6.88. The van der Waals surface area contributed by atoms with Crippen molar-refractivity contribution in [2.45, 2.75) is 5.37 Å². The second-order valence-corrected chi connectivity index (χ2v) is 3.20. The highest BCUT2D eigenvalue weighted by Crippen LogP contribution is 2.20. The van der Waals surface area contributed by atoms with Crippen LogP contribution in [0.5, 0.6) is 0 Å². The molecule has 1 nitrogen and oxygen atoms in total. The van der Waals surface area contributed by atoms with E-state index in [-0.39, 0.29) is 5.37 Å². The van der Waals surface area contributed by atoms with Gasteiger partial charge in [0.1, 0.15) is 0 Å². The van der Waals surface area contributed by atoms with Crippen molar-refractivity contribution >= 4 is 24.0 Å². The van der Waals surface area contributed by atoms with Crippen LogP contribution in [0.4, 0.5) is 0 Å². The molecule has 0 bridgehead atoms. The standard InChI is InChI=1S/C6H9NS2/c1-7-6(8)5-3-2-4-9-5/h2-4,6-8H,1H3. The van der Waals surface area contributed by atoms with E-state index in [0.29, 0.717) is 0 Å². The largest absolute Gasteiger partial charge is 0.304 e. The van der Waals surface area contributed by atoms with Crippen LogP contribution < -0.4 is 5.32 Å². The molecule has 0 amide bonds.